The Kier molecular flexibility index (Phi) is 4.29. The normalized spacial score (nSPS) is 16.1. The highest BCUT2D eigenvalue weighted by atomic mass is 79.9. The van der Waals surface area contributed by atoms with Crippen molar-refractivity contribution >= 4 is 21.9 Å². The molecule has 5 heteroatoms. The largest absolute Gasteiger partial charge is 0.353 e. The van der Waals surface area contributed by atoms with Crippen LogP contribution in [0.3, 0.4) is 0 Å². The Morgan fingerprint density at radius 2 is 2.05 bits per heavy atom. The molecule has 0 aliphatic heterocycles. The third-order valence-electron chi connectivity index (χ3n) is 3.95. The predicted molar refractivity (Wildman–Crippen MR) is 86.5 cm³/mol. The number of rotatable bonds is 3. The molecule has 1 aliphatic carbocycles. The Bertz CT molecular complexity index is 632. The van der Waals surface area contributed by atoms with Crippen LogP contribution in [0.2, 0.25) is 0 Å². The molecular formula is C16H19BrFN3. The lowest BCUT2D eigenvalue weighted by atomic mass is 9.96. The number of hydrogen-bond acceptors (Lipinski definition) is 2. The fourth-order valence-corrected chi connectivity index (χ4v) is 3.23. The molecule has 112 valence electrons. The van der Waals surface area contributed by atoms with Crippen LogP contribution in [0.5, 0.6) is 0 Å². The average Bonchev–Trinajstić information content (AvgIpc) is 2.84. The Morgan fingerprint density at radius 1 is 1.29 bits per heavy atom. The molecule has 1 heterocycles. The molecule has 0 atom stereocenters. The van der Waals surface area contributed by atoms with Gasteiger partial charge in [0.05, 0.1) is 10.2 Å². The fourth-order valence-electron chi connectivity index (χ4n) is 2.86. The maximum atomic E-state index is 13.4. The van der Waals surface area contributed by atoms with Gasteiger partial charge in [-0.25, -0.2) is 9.37 Å². The van der Waals surface area contributed by atoms with E-state index in [-0.39, 0.29) is 5.82 Å². The van der Waals surface area contributed by atoms with E-state index in [1.807, 2.05) is 17.7 Å². The van der Waals surface area contributed by atoms with Crippen LogP contribution in [-0.2, 0) is 0 Å². The topological polar surface area (TPSA) is 29.9 Å². The Hall–Kier alpha value is -1.36. The Labute approximate surface area is 132 Å². The molecule has 21 heavy (non-hydrogen) atoms. The van der Waals surface area contributed by atoms with Crippen molar-refractivity contribution in [3.63, 3.8) is 0 Å². The standard InChI is InChI=1S/C16H19BrFN3/c1-11-10-21(13-7-8-15(18)14(17)9-13)16(19-11)20-12-5-3-2-4-6-12/h7-10,12H,2-6H2,1H3,(H,19,20). The molecule has 0 saturated heterocycles. The van der Waals surface area contributed by atoms with E-state index in [0.717, 1.165) is 17.3 Å². The SMILES string of the molecule is Cc1cn(-c2ccc(F)c(Br)c2)c(NC2CCCCC2)n1. The summed E-state index contributed by atoms with van der Waals surface area (Å²) in [6, 6.07) is 5.51. The summed E-state index contributed by atoms with van der Waals surface area (Å²) in [5.41, 5.74) is 1.86. The summed E-state index contributed by atoms with van der Waals surface area (Å²) in [6.45, 7) is 1.97. The second kappa shape index (κ2) is 6.18. The Balaban J connectivity index is 1.89. The summed E-state index contributed by atoms with van der Waals surface area (Å²) in [4.78, 5) is 4.58. The summed E-state index contributed by atoms with van der Waals surface area (Å²) in [7, 11) is 0. The van der Waals surface area contributed by atoms with Gasteiger partial charge in [-0.05, 0) is 53.9 Å². The Morgan fingerprint density at radius 3 is 2.76 bits per heavy atom. The van der Waals surface area contributed by atoms with Crippen molar-refractivity contribution in [3.8, 4) is 5.69 Å². The van der Waals surface area contributed by atoms with Gasteiger partial charge < -0.3 is 5.32 Å². The van der Waals surface area contributed by atoms with Crippen molar-refractivity contribution in [2.24, 2.45) is 0 Å². The zero-order valence-electron chi connectivity index (χ0n) is 12.1. The molecule has 3 rings (SSSR count). The molecule has 1 N–H and O–H groups in total. The molecule has 0 unspecified atom stereocenters. The lowest BCUT2D eigenvalue weighted by molar-refractivity contribution is 0.460. The van der Waals surface area contributed by atoms with Crippen molar-refractivity contribution in [2.45, 2.75) is 45.1 Å². The monoisotopic (exact) mass is 351 g/mol. The van der Waals surface area contributed by atoms with Crippen molar-refractivity contribution in [3.05, 3.63) is 40.4 Å². The zero-order valence-corrected chi connectivity index (χ0v) is 13.7. The zero-order chi connectivity index (χ0) is 14.8. The lowest BCUT2D eigenvalue weighted by Crippen LogP contribution is -2.24. The number of nitrogens with one attached hydrogen (secondary N) is 1. The molecule has 1 aromatic heterocycles. The first kappa shape index (κ1) is 14.6. The van der Waals surface area contributed by atoms with Gasteiger partial charge in [-0.15, -0.1) is 0 Å². The molecule has 1 aromatic carbocycles. The van der Waals surface area contributed by atoms with Gasteiger partial charge in [0.1, 0.15) is 5.82 Å². The van der Waals surface area contributed by atoms with E-state index in [1.165, 1.54) is 38.2 Å². The number of aryl methyl sites for hydroxylation is 1. The van der Waals surface area contributed by atoms with Crippen LogP contribution >= 0.6 is 15.9 Å². The van der Waals surface area contributed by atoms with Gasteiger partial charge in [-0.3, -0.25) is 4.57 Å². The molecule has 1 fully saturated rings. The van der Waals surface area contributed by atoms with Crippen molar-refractivity contribution in [1.82, 2.24) is 9.55 Å². The summed E-state index contributed by atoms with van der Waals surface area (Å²) < 4.78 is 15.9. The highest BCUT2D eigenvalue weighted by Crippen LogP contribution is 2.25. The van der Waals surface area contributed by atoms with E-state index in [1.54, 1.807) is 12.1 Å². The minimum absolute atomic E-state index is 0.252. The number of benzene rings is 1. The maximum absolute atomic E-state index is 13.4. The van der Waals surface area contributed by atoms with E-state index in [2.05, 4.69) is 26.2 Å². The molecule has 0 amide bonds. The van der Waals surface area contributed by atoms with E-state index in [0.29, 0.717) is 10.5 Å². The maximum Gasteiger partial charge on any atom is 0.207 e. The molecule has 2 aromatic rings. The highest BCUT2D eigenvalue weighted by molar-refractivity contribution is 9.10. The first-order valence-electron chi connectivity index (χ1n) is 7.41. The second-order valence-electron chi connectivity index (χ2n) is 5.65. The van der Waals surface area contributed by atoms with Crippen molar-refractivity contribution in [2.75, 3.05) is 5.32 Å². The van der Waals surface area contributed by atoms with Crippen molar-refractivity contribution < 1.29 is 4.39 Å². The van der Waals surface area contributed by atoms with Gasteiger partial charge in [-0.1, -0.05) is 19.3 Å². The van der Waals surface area contributed by atoms with Crippen LogP contribution in [0.15, 0.2) is 28.9 Å². The fraction of sp³-hybridized carbons (Fsp3) is 0.438. The lowest BCUT2D eigenvalue weighted by Gasteiger charge is -2.23. The van der Waals surface area contributed by atoms with Crippen LogP contribution in [0.4, 0.5) is 10.3 Å². The van der Waals surface area contributed by atoms with Gasteiger partial charge >= 0.3 is 0 Å². The molecule has 0 bridgehead atoms. The first-order chi connectivity index (χ1) is 10.1. The number of nitrogens with zero attached hydrogens (tertiary/aromatic N) is 2. The summed E-state index contributed by atoms with van der Waals surface area (Å²) in [5, 5.41) is 3.55. The smallest absolute Gasteiger partial charge is 0.207 e. The van der Waals surface area contributed by atoms with Crippen LogP contribution in [0, 0.1) is 12.7 Å². The van der Waals surface area contributed by atoms with Gasteiger partial charge in [0.15, 0.2) is 0 Å². The quantitative estimate of drug-likeness (QED) is 0.858. The predicted octanol–water partition coefficient (Wildman–Crippen LogP) is 4.83. The summed E-state index contributed by atoms with van der Waals surface area (Å²) in [6.07, 6.45) is 8.25. The molecule has 0 spiro atoms. The van der Waals surface area contributed by atoms with Crippen LogP contribution < -0.4 is 5.32 Å². The van der Waals surface area contributed by atoms with Crippen LogP contribution in [0.25, 0.3) is 5.69 Å². The van der Waals surface area contributed by atoms with E-state index in [9.17, 15) is 4.39 Å². The van der Waals surface area contributed by atoms with Gasteiger partial charge in [0, 0.05) is 17.9 Å². The third-order valence-corrected chi connectivity index (χ3v) is 4.55. The van der Waals surface area contributed by atoms with Gasteiger partial charge in [0.2, 0.25) is 5.95 Å². The number of aromatic nitrogens is 2. The average molecular weight is 352 g/mol. The molecular weight excluding hydrogens is 333 g/mol. The third kappa shape index (κ3) is 3.28. The minimum Gasteiger partial charge on any atom is -0.353 e. The second-order valence-corrected chi connectivity index (χ2v) is 6.51. The first-order valence-corrected chi connectivity index (χ1v) is 8.21. The van der Waals surface area contributed by atoms with E-state index in [4.69, 9.17) is 0 Å². The highest BCUT2D eigenvalue weighted by Gasteiger charge is 2.16. The van der Waals surface area contributed by atoms with Crippen LogP contribution in [-0.4, -0.2) is 15.6 Å². The summed E-state index contributed by atoms with van der Waals surface area (Å²) >= 11 is 3.24. The summed E-state index contributed by atoms with van der Waals surface area (Å²) in [5.74, 6) is 0.593. The number of anilines is 1. The molecule has 0 radical (unpaired) electrons. The van der Waals surface area contributed by atoms with E-state index < -0.39 is 0 Å². The molecule has 3 nitrogen and oxygen atoms in total. The van der Waals surface area contributed by atoms with Crippen LogP contribution in [0.1, 0.15) is 37.8 Å². The minimum atomic E-state index is -0.252. The van der Waals surface area contributed by atoms with Crippen molar-refractivity contribution in [1.29, 1.82) is 0 Å². The van der Waals surface area contributed by atoms with E-state index >= 15 is 0 Å². The molecule has 1 aliphatic rings. The number of halogens is 2. The number of imidazole rings is 1. The number of hydrogen-bond donors (Lipinski definition) is 1. The molecule has 1 saturated carbocycles. The van der Waals surface area contributed by atoms with Gasteiger partial charge in [-0.2, -0.15) is 0 Å². The van der Waals surface area contributed by atoms with Gasteiger partial charge in [0.25, 0.3) is 0 Å².